The molecule has 2 aromatic heterocycles. The number of aliphatic hydroxyl groups excluding tert-OH is 1. The Morgan fingerprint density at radius 3 is 3.00 bits per heavy atom. The lowest BCUT2D eigenvalue weighted by atomic mass is 10.1. The Morgan fingerprint density at radius 2 is 2.33 bits per heavy atom. The first-order valence-electron chi connectivity index (χ1n) is 6.67. The van der Waals surface area contributed by atoms with E-state index in [1.807, 2.05) is 0 Å². The van der Waals surface area contributed by atoms with Crippen molar-refractivity contribution in [1.82, 2.24) is 19.3 Å². The maximum absolute atomic E-state index is 11.9. The quantitative estimate of drug-likeness (QED) is 0.798. The monoisotopic (exact) mass is 292 g/mol. The van der Waals surface area contributed by atoms with E-state index in [0.29, 0.717) is 12.0 Å². The molecule has 1 fully saturated rings. The molecule has 3 rings (SSSR count). The summed E-state index contributed by atoms with van der Waals surface area (Å²) in [7, 11) is 0. The van der Waals surface area contributed by atoms with Gasteiger partial charge in [0.05, 0.1) is 12.6 Å². The van der Waals surface area contributed by atoms with Gasteiger partial charge in [0.15, 0.2) is 0 Å². The molecule has 0 saturated carbocycles. The third-order valence-electron chi connectivity index (χ3n) is 3.70. The lowest BCUT2D eigenvalue weighted by Crippen LogP contribution is -2.33. The Labute approximate surface area is 119 Å². The van der Waals surface area contributed by atoms with Gasteiger partial charge in [-0.25, -0.2) is 4.79 Å². The van der Waals surface area contributed by atoms with Crippen LogP contribution in [0.1, 0.15) is 24.3 Å². The van der Waals surface area contributed by atoms with E-state index in [1.54, 1.807) is 30.1 Å². The minimum atomic E-state index is -0.542. The van der Waals surface area contributed by atoms with E-state index in [4.69, 9.17) is 4.74 Å². The molecule has 2 N–H and O–H groups in total. The van der Waals surface area contributed by atoms with E-state index in [9.17, 15) is 14.7 Å². The maximum Gasteiger partial charge on any atom is 0.330 e. The fraction of sp³-hybridized carbons (Fsp3) is 0.462. The molecular weight excluding hydrogens is 276 g/mol. The smallest absolute Gasteiger partial charge is 0.330 e. The Hall–Kier alpha value is -2.19. The summed E-state index contributed by atoms with van der Waals surface area (Å²) in [6, 6.07) is 1.63. The Kier molecular flexibility index (Phi) is 3.48. The predicted molar refractivity (Wildman–Crippen MR) is 72.9 cm³/mol. The topological polar surface area (TPSA) is 102 Å². The number of aryl methyl sites for hydroxylation is 1. The maximum atomic E-state index is 11.9. The van der Waals surface area contributed by atoms with E-state index in [2.05, 4.69) is 10.1 Å². The second-order valence-electron chi connectivity index (χ2n) is 5.08. The standard InChI is InChI=1S/C13H16N4O4/c1-8-6-16(13(20)15-12(8)19)11-5-9(10(7-18)21-11)17-4-2-3-14-17/h2-4,6,9-11,18H,5,7H2,1H3,(H,15,19,20)/t9?,10-,11-/m1/s1. The van der Waals surface area contributed by atoms with Crippen LogP contribution in [0.5, 0.6) is 0 Å². The Morgan fingerprint density at radius 1 is 1.52 bits per heavy atom. The molecule has 3 heterocycles. The molecule has 1 saturated heterocycles. The molecule has 1 aliphatic rings. The third kappa shape index (κ3) is 2.43. The molecule has 2 aromatic rings. The summed E-state index contributed by atoms with van der Waals surface area (Å²) in [5.41, 5.74) is -0.494. The number of aromatic amines is 1. The molecule has 0 aromatic carbocycles. The number of ether oxygens (including phenoxy) is 1. The number of nitrogens with zero attached hydrogens (tertiary/aromatic N) is 3. The van der Waals surface area contributed by atoms with Crippen molar-refractivity contribution in [2.24, 2.45) is 0 Å². The van der Waals surface area contributed by atoms with Crippen molar-refractivity contribution in [2.45, 2.75) is 31.7 Å². The van der Waals surface area contributed by atoms with Crippen LogP contribution in [0.2, 0.25) is 0 Å². The highest BCUT2D eigenvalue weighted by Gasteiger charge is 2.37. The van der Waals surface area contributed by atoms with Gasteiger partial charge in [0.25, 0.3) is 5.56 Å². The molecule has 0 spiro atoms. The number of aromatic nitrogens is 4. The molecule has 112 valence electrons. The molecule has 0 amide bonds. The van der Waals surface area contributed by atoms with Crippen LogP contribution < -0.4 is 11.2 Å². The Bertz CT molecular complexity index is 733. The van der Waals surface area contributed by atoms with Crippen LogP contribution in [0.25, 0.3) is 0 Å². The molecule has 3 atom stereocenters. The molecule has 0 radical (unpaired) electrons. The first kappa shape index (κ1) is 13.8. The van der Waals surface area contributed by atoms with Crippen molar-refractivity contribution in [1.29, 1.82) is 0 Å². The first-order valence-corrected chi connectivity index (χ1v) is 6.67. The average molecular weight is 292 g/mol. The minimum Gasteiger partial charge on any atom is -0.394 e. The average Bonchev–Trinajstić information content (AvgIpc) is 3.10. The van der Waals surface area contributed by atoms with Crippen molar-refractivity contribution in [3.63, 3.8) is 0 Å². The summed E-state index contributed by atoms with van der Waals surface area (Å²) in [5.74, 6) is 0. The molecule has 21 heavy (non-hydrogen) atoms. The SMILES string of the molecule is Cc1cn([C@H]2CC(n3cccn3)[C@@H](CO)O2)c(=O)[nH]c1=O. The third-order valence-corrected chi connectivity index (χ3v) is 3.70. The van der Waals surface area contributed by atoms with Crippen LogP contribution in [-0.4, -0.2) is 37.1 Å². The van der Waals surface area contributed by atoms with Gasteiger partial charge >= 0.3 is 5.69 Å². The fourth-order valence-electron chi connectivity index (χ4n) is 2.61. The van der Waals surface area contributed by atoms with Gasteiger partial charge in [-0.05, 0) is 13.0 Å². The summed E-state index contributed by atoms with van der Waals surface area (Å²) in [6.45, 7) is 1.45. The lowest BCUT2D eigenvalue weighted by Gasteiger charge is -2.16. The Balaban J connectivity index is 1.93. The van der Waals surface area contributed by atoms with E-state index in [0.717, 1.165) is 0 Å². The van der Waals surface area contributed by atoms with Crippen molar-refractivity contribution in [2.75, 3.05) is 6.61 Å². The molecule has 8 nitrogen and oxygen atoms in total. The second-order valence-corrected chi connectivity index (χ2v) is 5.08. The molecule has 1 aliphatic heterocycles. The number of aliphatic hydroxyl groups is 1. The largest absolute Gasteiger partial charge is 0.394 e. The highest BCUT2D eigenvalue weighted by atomic mass is 16.5. The molecular formula is C13H16N4O4. The fourth-order valence-corrected chi connectivity index (χ4v) is 2.61. The highest BCUT2D eigenvalue weighted by molar-refractivity contribution is 5.02. The van der Waals surface area contributed by atoms with E-state index >= 15 is 0 Å². The summed E-state index contributed by atoms with van der Waals surface area (Å²) in [5, 5.41) is 13.6. The predicted octanol–water partition coefficient (Wildman–Crippen LogP) is -0.437. The van der Waals surface area contributed by atoms with Crippen molar-refractivity contribution in [3.05, 3.63) is 51.1 Å². The zero-order valence-electron chi connectivity index (χ0n) is 11.5. The van der Waals surface area contributed by atoms with E-state index in [-0.39, 0.29) is 12.6 Å². The van der Waals surface area contributed by atoms with E-state index in [1.165, 1.54) is 10.8 Å². The normalized spacial score (nSPS) is 25.3. The van der Waals surface area contributed by atoms with Crippen LogP contribution in [0.15, 0.2) is 34.2 Å². The van der Waals surface area contributed by atoms with Gasteiger partial charge in [0.2, 0.25) is 0 Å². The summed E-state index contributed by atoms with van der Waals surface area (Å²) in [6.07, 6.45) is 4.41. The van der Waals surface area contributed by atoms with Gasteiger partial charge in [-0.2, -0.15) is 5.10 Å². The van der Waals surface area contributed by atoms with Crippen molar-refractivity contribution in [3.8, 4) is 0 Å². The van der Waals surface area contributed by atoms with Gasteiger partial charge in [0, 0.05) is 30.6 Å². The summed E-state index contributed by atoms with van der Waals surface area (Å²) in [4.78, 5) is 25.6. The number of rotatable bonds is 3. The molecule has 1 unspecified atom stereocenters. The van der Waals surface area contributed by atoms with Gasteiger partial charge in [-0.3, -0.25) is 19.0 Å². The number of hydrogen-bond donors (Lipinski definition) is 2. The van der Waals surface area contributed by atoms with Gasteiger partial charge in [-0.15, -0.1) is 0 Å². The van der Waals surface area contributed by atoms with Gasteiger partial charge in [-0.1, -0.05) is 0 Å². The van der Waals surface area contributed by atoms with Gasteiger partial charge < -0.3 is 9.84 Å². The van der Waals surface area contributed by atoms with Crippen LogP contribution >= 0.6 is 0 Å². The molecule has 8 heteroatoms. The molecule has 0 bridgehead atoms. The van der Waals surface area contributed by atoms with Crippen molar-refractivity contribution < 1.29 is 9.84 Å². The van der Waals surface area contributed by atoms with Crippen molar-refractivity contribution >= 4 is 0 Å². The zero-order valence-corrected chi connectivity index (χ0v) is 11.5. The lowest BCUT2D eigenvalue weighted by molar-refractivity contribution is -0.0322. The number of H-pyrrole nitrogens is 1. The van der Waals surface area contributed by atoms with Crippen LogP contribution in [0, 0.1) is 6.92 Å². The minimum absolute atomic E-state index is 0.158. The second kappa shape index (κ2) is 5.30. The summed E-state index contributed by atoms with van der Waals surface area (Å²) < 4.78 is 8.80. The molecule has 0 aliphatic carbocycles. The highest BCUT2D eigenvalue weighted by Crippen LogP contribution is 2.35. The van der Waals surface area contributed by atoms with E-state index < -0.39 is 23.6 Å². The number of nitrogens with one attached hydrogen (secondary N) is 1. The summed E-state index contributed by atoms with van der Waals surface area (Å²) >= 11 is 0. The zero-order chi connectivity index (χ0) is 15.0. The van der Waals surface area contributed by atoms with Crippen LogP contribution in [0.4, 0.5) is 0 Å². The number of hydrogen-bond acceptors (Lipinski definition) is 5. The first-order chi connectivity index (χ1) is 10.1. The van der Waals surface area contributed by atoms with Crippen LogP contribution in [-0.2, 0) is 4.74 Å². The van der Waals surface area contributed by atoms with Gasteiger partial charge in [0.1, 0.15) is 12.3 Å². The van der Waals surface area contributed by atoms with Crippen LogP contribution in [0.3, 0.4) is 0 Å².